The SMILES string of the molecule is COc1cc(-n2cccn2)ccc1-c1[nH]nc2c1CN(C#N)C2. The lowest BCUT2D eigenvalue weighted by molar-refractivity contribution is 0.410. The molecule has 23 heavy (non-hydrogen) atoms. The van der Waals surface area contributed by atoms with Gasteiger partial charge < -0.3 is 4.74 Å². The average molecular weight is 306 g/mol. The smallest absolute Gasteiger partial charge is 0.180 e. The molecule has 1 N–H and O–H groups in total. The van der Waals surface area contributed by atoms with Gasteiger partial charge >= 0.3 is 0 Å². The first kappa shape index (κ1) is 13.4. The number of hydrogen-bond acceptors (Lipinski definition) is 5. The van der Waals surface area contributed by atoms with E-state index in [1.54, 1.807) is 22.9 Å². The second-order valence-corrected chi connectivity index (χ2v) is 5.32. The largest absolute Gasteiger partial charge is 0.496 e. The van der Waals surface area contributed by atoms with E-state index in [4.69, 9.17) is 10.00 Å². The van der Waals surface area contributed by atoms with Crippen LogP contribution in [0.5, 0.6) is 5.75 Å². The Morgan fingerprint density at radius 3 is 3.00 bits per heavy atom. The quantitative estimate of drug-likeness (QED) is 0.749. The monoisotopic (exact) mass is 306 g/mol. The van der Waals surface area contributed by atoms with Crippen LogP contribution in [0.25, 0.3) is 16.9 Å². The Bertz CT molecular complexity index is 890. The fraction of sp³-hybridized carbons (Fsp3) is 0.188. The maximum Gasteiger partial charge on any atom is 0.180 e. The van der Waals surface area contributed by atoms with Crippen molar-refractivity contribution >= 4 is 0 Å². The molecule has 7 nitrogen and oxygen atoms in total. The van der Waals surface area contributed by atoms with Gasteiger partial charge in [0.05, 0.1) is 37.3 Å². The van der Waals surface area contributed by atoms with E-state index in [2.05, 4.69) is 21.5 Å². The lowest BCUT2D eigenvalue weighted by Crippen LogP contribution is -2.08. The summed E-state index contributed by atoms with van der Waals surface area (Å²) in [6.45, 7) is 1.12. The van der Waals surface area contributed by atoms with Gasteiger partial charge in [-0.3, -0.25) is 10.00 Å². The highest BCUT2D eigenvalue weighted by Gasteiger charge is 2.26. The summed E-state index contributed by atoms with van der Waals surface area (Å²) in [7, 11) is 1.64. The zero-order valence-electron chi connectivity index (χ0n) is 12.5. The summed E-state index contributed by atoms with van der Waals surface area (Å²) < 4.78 is 7.33. The maximum atomic E-state index is 9.06. The highest BCUT2D eigenvalue weighted by molar-refractivity contribution is 5.72. The van der Waals surface area contributed by atoms with Crippen LogP contribution in [0.4, 0.5) is 0 Å². The number of fused-ring (bicyclic) bond motifs is 1. The highest BCUT2D eigenvalue weighted by Crippen LogP contribution is 2.36. The Labute approximate surface area is 132 Å². The zero-order chi connectivity index (χ0) is 15.8. The van der Waals surface area contributed by atoms with E-state index >= 15 is 0 Å². The molecule has 0 atom stereocenters. The number of nitrogens with one attached hydrogen (secondary N) is 1. The Kier molecular flexibility index (Phi) is 3.01. The molecular formula is C16H14N6O. The topological polar surface area (TPSA) is 82.8 Å². The summed E-state index contributed by atoms with van der Waals surface area (Å²) >= 11 is 0. The number of nitriles is 1. The van der Waals surface area contributed by atoms with Crippen molar-refractivity contribution in [3.63, 3.8) is 0 Å². The van der Waals surface area contributed by atoms with Crippen LogP contribution >= 0.6 is 0 Å². The summed E-state index contributed by atoms with van der Waals surface area (Å²) in [4.78, 5) is 1.68. The Balaban J connectivity index is 1.78. The van der Waals surface area contributed by atoms with Crippen molar-refractivity contribution in [3.05, 3.63) is 47.9 Å². The van der Waals surface area contributed by atoms with Gasteiger partial charge in [-0.05, 0) is 18.2 Å². The second kappa shape index (κ2) is 5.18. The first-order valence-corrected chi connectivity index (χ1v) is 7.19. The normalized spacial score (nSPS) is 13.0. The average Bonchev–Trinajstić information content (AvgIpc) is 3.30. The molecule has 3 heterocycles. The molecule has 0 saturated carbocycles. The third kappa shape index (κ3) is 2.12. The van der Waals surface area contributed by atoms with E-state index in [9.17, 15) is 0 Å². The van der Waals surface area contributed by atoms with Crippen LogP contribution in [0.15, 0.2) is 36.7 Å². The number of hydrogen-bond donors (Lipinski definition) is 1. The minimum absolute atomic E-state index is 0.552. The van der Waals surface area contributed by atoms with Crippen molar-refractivity contribution in [2.24, 2.45) is 0 Å². The van der Waals surface area contributed by atoms with E-state index in [-0.39, 0.29) is 0 Å². The zero-order valence-corrected chi connectivity index (χ0v) is 12.5. The standard InChI is InChI=1S/C16H14N6O/c1-23-15-7-11(22-6-2-5-18-22)3-4-12(15)16-13-8-21(10-17)9-14(13)19-20-16/h2-7H,8-9H2,1H3,(H,19,20). The highest BCUT2D eigenvalue weighted by atomic mass is 16.5. The lowest BCUT2D eigenvalue weighted by atomic mass is 10.1. The minimum Gasteiger partial charge on any atom is -0.496 e. The second-order valence-electron chi connectivity index (χ2n) is 5.32. The van der Waals surface area contributed by atoms with Crippen molar-refractivity contribution in [2.75, 3.05) is 7.11 Å². The van der Waals surface area contributed by atoms with Crippen molar-refractivity contribution < 1.29 is 4.74 Å². The molecule has 4 rings (SSSR count). The molecule has 7 heteroatoms. The summed E-state index contributed by atoms with van der Waals surface area (Å²) in [6.07, 6.45) is 5.79. The predicted molar refractivity (Wildman–Crippen MR) is 82.6 cm³/mol. The van der Waals surface area contributed by atoms with Gasteiger partial charge in [0.1, 0.15) is 5.75 Å². The number of rotatable bonds is 3. The summed E-state index contributed by atoms with van der Waals surface area (Å²) in [5, 5.41) is 20.7. The van der Waals surface area contributed by atoms with E-state index in [1.165, 1.54) is 0 Å². The summed E-state index contributed by atoms with van der Waals surface area (Å²) in [5.41, 5.74) is 4.72. The fourth-order valence-electron chi connectivity index (χ4n) is 2.88. The van der Waals surface area contributed by atoms with Gasteiger partial charge in [-0.15, -0.1) is 0 Å². The van der Waals surface area contributed by atoms with Gasteiger partial charge in [0, 0.05) is 29.6 Å². The fourth-order valence-corrected chi connectivity index (χ4v) is 2.88. The van der Waals surface area contributed by atoms with Crippen LogP contribution in [-0.4, -0.2) is 32.0 Å². The molecule has 0 aliphatic carbocycles. The van der Waals surface area contributed by atoms with Crippen molar-refractivity contribution in [1.29, 1.82) is 5.26 Å². The molecule has 0 bridgehead atoms. The van der Waals surface area contributed by atoms with Crippen LogP contribution in [0.2, 0.25) is 0 Å². The molecule has 1 aliphatic rings. The molecule has 3 aromatic rings. The van der Waals surface area contributed by atoms with Crippen LogP contribution in [0.1, 0.15) is 11.3 Å². The van der Waals surface area contributed by atoms with E-state index < -0.39 is 0 Å². The van der Waals surface area contributed by atoms with Gasteiger partial charge in [0.2, 0.25) is 0 Å². The minimum atomic E-state index is 0.552. The third-order valence-corrected chi connectivity index (χ3v) is 4.01. The first-order chi connectivity index (χ1) is 11.3. The Morgan fingerprint density at radius 1 is 1.35 bits per heavy atom. The molecule has 0 unspecified atom stereocenters. The Morgan fingerprint density at radius 2 is 2.26 bits per heavy atom. The molecule has 0 spiro atoms. The first-order valence-electron chi connectivity index (χ1n) is 7.19. The van der Waals surface area contributed by atoms with Crippen molar-refractivity contribution in [1.82, 2.24) is 24.9 Å². The number of H-pyrrole nitrogens is 1. The number of ether oxygens (including phenoxy) is 1. The van der Waals surface area contributed by atoms with Crippen LogP contribution in [-0.2, 0) is 13.1 Å². The van der Waals surface area contributed by atoms with Crippen LogP contribution in [0.3, 0.4) is 0 Å². The van der Waals surface area contributed by atoms with Crippen molar-refractivity contribution in [3.8, 4) is 28.9 Å². The number of methoxy groups -OCH3 is 1. The van der Waals surface area contributed by atoms with E-state index in [0.717, 1.165) is 34.0 Å². The van der Waals surface area contributed by atoms with E-state index in [1.807, 2.05) is 30.5 Å². The Hall–Kier alpha value is -3.27. The molecular weight excluding hydrogens is 292 g/mol. The third-order valence-electron chi connectivity index (χ3n) is 4.01. The number of benzene rings is 1. The number of aromatic nitrogens is 4. The van der Waals surface area contributed by atoms with Gasteiger partial charge in [-0.25, -0.2) is 4.68 Å². The van der Waals surface area contributed by atoms with Crippen molar-refractivity contribution in [2.45, 2.75) is 13.1 Å². The molecule has 0 saturated heterocycles. The molecule has 114 valence electrons. The molecule has 1 aromatic carbocycles. The van der Waals surface area contributed by atoms with Gasteiger partial charge in [-0.1, -0.05) is 0 Å². The molecule has 0 fully saturated rings. The number of aromatic amines is 1. The van der Waals surface area contributed by atoms with Crippen LogP contribution in [0, 0.1) is 11.5 Å². The molecule has 0 radical (unpaired) electrons. The predicted octanol–water partition coefficient (Wildman–Crippen LogP) is 2.07. The summed E-state index contributed by atoms with van der Waals surface area (Å²) in [6, 6.07) is 7.78. The molecule has 1 aliphatic heterocycles. The lowest BCUT2D eigenvalue weighted by Gasteiger charge is -2.11. The summed E-state index contributed by atoms with van der Waals surface area (Å²) in [5.74, 6) is 0.736. The molecule has 0 amide bonds. The van der Waals surface area contributed by atoms with E-state index in [0.29, 0.717) is 13.1 Å². The van der Waals surface area contributed by atoms with Crippen LogP contribution < -0.4 is 4.74 Å². The number of nitrogens with zero attached hydrogens (tertiary/aromatic N) is 5. The van der Waals surface area contributed by atoms with Gasteiger partial charge in [0.25, 0.3) is 0 Å². The van der Waals surface area contributed by atoms with Gasteiger partial charge in [-0.2, -0.15) is 15.5 Å². The molecule has 2 aromatic heterocycles. The maximum absolute atomic E-state index is 9.06. The van der Waals surface area contributed by atoms with Gasteiger partial charge in [0.15, 0.2) is 6.19 Å².